The molecule has 0 fully saturated rings. The summed E-state index contributed by atoms with van der Waals surface area (Å²) in [6.07, 6.45) is 34.5. The molecule has 0 aliphatic carbocycles. The van der Waals surface area contributed by atoms with E-state index >= 15 is 0 Å². The maximum atomic E-state index is 11.6. The highest BCUT2D eigenvalue weighted by Gasteiger charge is 2.39. The fourth-order valence-corrected chi connectivity index (χ4v) is 6.26. The predicted molar refractivity (Wildman–Crippen MR) is 166 cm³/mol. The molecule has 2 unspecified atom stereocenters. The van der Waals surface area contributed by atoms with E-state index in [9.17, 15) is 10.2 Å². The first-order valence-corrected chi connectivity index (χ1v) is 17.4. The van der Waals surface area contributed by atoms with E-state index in [0.29, 0.717) is 0 Å². The van der Waals surface area contributed by atoms with Gasteiger partial charge >= 0.3 is 0 Å². The van der Waals surface area contributed by atoms with E-state index in [1.54, 1.807) is 0 Å². The van der Waals surface area contributed by atoms with Gasteiger partial charge in [0, 0.05) is 5.41 Å². The van der Waals surface area contributed by atoms with Crippen LogP contribution in [0.5, 0.6) is 0 Å². The Hall–Kier alpha value is -0.0800. The number of hydrogen-bond acceptors (Lipinski definition) is 2. The molecule has 2 nitrogen and oxygen atoms in total. The Labute approximate surface area is 235 Å². The van der Waals surface area contributed by atoms with Crippen LogP contribution in [0.2, 0.25) is 0 Å². The molecule has 0 heterocycles. The van der Waals surface area contributed by atoms with Gasteiger partial charge < -0.3 is 10.2 Å². The van der Waals surface area contributed by atoms with Gasteiger partial charge in [-0.05, 0) is 25.2 Å². The van der Waals surface area contributed by atoms with E-state index in [0.717, 1.165) is 32.1 Å². The lowest BCUT2D eigenvalue weighted by atomic mass is 9.69. The van der Waals surface area contributed by atoms with Crippen molar-refractivity contribution in [3.05, 3.63) is 0 Å². The highest BCUT2D eigenvalue weighted by atomic mass is 16.3. The van der Waals surface area contributed by atoms with E-state index in [-0.39, 0.29) is 24.0 Å². The summed E-state index contributed by atoms with van der Waals surface area (Å²) in [6, 6.07) is 0. The summed E-state index contributed by atoms with van der Waals surface area (Å²) >= 11 is 0. The summed E-state index contributed by atoms with van der Waals surface area (Å²) in [7, 11) is 0. The number of unbranched alkanes of at least 4 members (excludes halogenated alkanes) is 21. The molecule has 37 heavy (non-hydrogen) atoms. The summed E-state index contributed by atoms with van der Waals surface area (Å²) in [4.78, 5) is 0. The molecule has 0 amide bonds. The lowest BCUT2D eigenvalue weighted by molar-refractivity contribution is -0.0629. The van der Waals surface area contributed by atoms with Crippen LogP contribution in [0.25, 0.3) is 0 Å². The minimum Gasteiger partial charge on any atom is -0.396 e. The third-order valence-electron chi connectivity index (χ3n) is 9.05. The van der Waals surface area contributed by atoms with Crippen LogP contribution in [-0.2, 0) is 0 Å². The molecule has 0 aromatic heterocycles. The van der Waals surface area contributed by atoms with Crippen LogP contribution in [0.4, 0.5) is 0 Å². The first-order valence-electron chi connectivity index (χ1n) is 17.4. The van der Waals surface area contributed by atoms with Crippen molar-refractivity contribution >= 4 is 0 Å². The first kappa shape index (κ1) is 36.9. The average Bonchev–Trinajstić information content (AvgIpc) is 2.91. The van der Waals surface area contributed by atoms with Gasteiger partial charge in [0.1, 0.15) is 0 Å². The molecule has 0 bridgehead atoms. The Morgan fingerprint density at radius 1 is 0.459 bits per heavy atom. The molecule has 0 aromatic carbocycles. The Kier molecular flexibility index (Phi) is 27.4. The zero-order valence-electron chi connectivity index (χ0n) is 26.3. The molecule has 0 radical (unpaired) electrons. The number of hydrogen-bond donors (Lipinski definition) is 2. The molecule has 0 aliphatic rings. The van der Waals surface area contributed by atoms with Gasteiger partial charge in [0.05, 0.1) is 12.7 Å². The second-order valence-corrected chi connectivity index (χ2v) is 12.7. The van der Waals surface area contributed by atoms with Crippen molar-refractivity contribution in [3.8, 4) is 0 Å². The topological polar surface area (TPSA) is 40.5 Å². The van der Waals surface area contributed by atoms with Crippen molar-refractivity contribution in [1.29, 1.82) is 0 Å². The Bertz CT molecular complexity index is 415. The van der Waals surface area contributed by atoms with Crippen molar-refractivity contribution in [1.82, 2.24) is 0 Å². The predicted octanol–water partition coefficient (Wildman–Crippen LogP) is 11.6. The normalized spacial score (nSPS) is 13.8. The smallest absolute Gasteiger partial charge is 0.0643 e. The minimum absolute atomic E-state index is 0.156. The van der Waals surface area contributed by atoms with E-state index < -0.39 is 0 Å². The lowest BCUT2D eigenvalue weighted by Crippen LogP contribution is -2.42. The van der Waals surface area contributed by atoms with E-state index in [1.165, 1.54) is 141 Å². The van der Waals surface area contributed by atoms with Gasteiger partial charge in [-0.15, -0.1) is 0 Å². The van der Waals surface area contributed by atoms with Crippen molar-refractivity contribution in [3.63, 3.8) is 0 Å². The zero-order valence-corrected chi connectivity index (χ0v) is 26.3. The van der Waals surface area contributed by atoms with Gasteiger partial charge in [-0.25, -0.2) is 0 Å². The quantitative estimate of drug-likeness (QED) is 0.0917. The van der Waals surface area contributed by atoms with Gasteiger partial charge in [0.15, 0.2) is 0 Å². The summed E-state index contributed by atoms with van der Waals surface area (Å²) in [5.41, 5.74) is -0.288. The summed E-state index contributed by atoms with van der Waals surface area (Å²) in [6.45, 7) is 9.24. The zero-order chi connectivity index (χ0) is 27.5. The maximum Gasteiger partial charge on any atom is 0.0643 e. The van der Waals surface area contributed by atoms with Crippen molar-refractivity contribution in [2.24, 2.45) is 11.3 Å². The van der Waals surface area contributed by atoms with E-state index in [1.807, 2.05) is 0 Å². The molecule has 224 valence electrons. The fraction of sp³-hybridized carbons (Fsp3) is 1.00. The van der Waals surface area contributed by atoms with E-state index in [2.05, 4.69) is 27.7 Å². The highest BCUT2D eigenvalue weighted by molar-refractivity contribution is 4.89. The molecule has 0 rings (SSSR count). The summed E-state index contributed by atoms with van der Waals surface area (Å²) < 4.78 is 0. The second-order valence-electron chi connectivity index (χ2n) is 12.7. The Morgan fingerprint density at radius 2 is 0.757 bits per heavy atom. The molecular formula is C35H72O2. The van der Waals surface area contributed by atoms with Crippen LogP contribution < -0.4 is 0 Å². The molecule has 0 saturated heterocycles. The molecule has 0 aromatic rings. The number of aliphatic hydroxyl groups is 2. The van der Waals surface area contributed by atoms with Crippen LogP contribution in [0.3, 0.4) is 0 Å². The average molecular weight is 525 g/mol. The van der Waals surface area contributed by atoms with Crippen LogP contribution in [0.15, 0.2) is 0 Å². The van der Waals surface area contributed by atoms with E-state index in [4.69, 9.17) is 0 Å². The molecular weight excluding hydrogens is 452 g/mol. The first-order chi connectivity index (χ1) is 18.1. The molecule has 0 spiro atoms. The molecule has 2 heteroatoms. The SMILES string of the molecule is CCCCCCCCCCC(C)C(O)C(CO)(CCCCCCCCCC)CCCCCCCCCC. The van der Waals surface area contributed by atoms with Crippen LogP contribution in [-0.4, -0.2) is 22.9 Å². The largest absolute Gasteiger partial charge is 0.396 e. The molecule has 2 atom stereocenters. The highest BCUT2D eigenvalue weighted by Crippen LogP contribution is 2.39. The van der Waals surface area contributed by atoms with Crippen molar-refractivity contribution in [2.75, 3.05) is 6.61 Å². The summed E-state index contributed by atoms with van der Waals surface area (Å²) in [5.74, 6) is 0.287. The minimum atomic E-state index is -0.365. The van der Waals surface area contributed by atoms with Crippen LogP contribution in [0.1, 0.15) is 201 Å². The van der Waals surface area contributed by atoms with Crippen LogP contribution >= 0.6 is 0 Å². The third kappa shape index (κ3) is 20.5. The second kappa shape index (κ2) is 27.5. The Balaban J connectivity index is 4.60. The lowest BCUT2D eigenvalue weighted by Gasteiger charge is -2.40. The van der Waals surface area contributed by atoms with Gasteiger partial charge in [0.2, 0.25) is 0 Å². The fourth-order valence-electron chi connectivity index (χ4n) is 6.26. The van der Waals surface area contributed by atoms with Gasteiger partial charge in [-0.1, -0.05) is 182 Å². The van der Waals surface area contributed by atoms with Gasteiger partial charge in [-0.3, -0.25) is 0 Å². The molecule has 0 saturated carbocycles. The van der Waals surface area contributed by atoms with Gasteiger partial charge in [0.25, 0.3) is 0 Å². The van der Waals surface area contributed by atoms with Crippen LogP contribution in [0, 0.1) is 11.3 Å². The summed E-state index contributed by atoms with van der Waals surface area (Å²) in [5, 5.41) is 22.2. The van der Waals surface area contributed by atoms with Crippen molar-refractivity contribution in [2.45, 2.75) is 207 Å². The molecule has 2 N–H and O–H groups in total. The Morgan fingerprint density at radius 3 is 1.08 bits per heavy atom. The monoisotopic (exact) mass is 525 g/mol. The van der Waals surface area contributed by atoms with Crippen molar-refractivity contribution < 1.29 is 10.2 Å². The number of rotatable bonds is 30. The standard InChI is InChI=1S/C35H72O2/c1-5-8-11-14-17-20-23-26-29-33(4)34(37)35(32-36,30-27-24-21-18-15-12-9-6-2)31-28-25-22-19-16-13-10-7-3/h33-34,36-37H,5-32H2,1-4H3. The molecule has 0 aliphatic heterocycles. The van der Waals surface area contributed by atoms with Gasteiger partial charge in [-0.2, -0.15) is 0 Å². The maximum absolute atomic E-state index is 11.6. The number of aliphatic hydroxyl groups excluding tert-OH is 2. The third-order valence-corrected chi connectivity index (χ3v) is 9.05.